The number of pyridine rings is 1. The van der Waals surface area contributed by atoms with E-state index in [2.05, 4.69) is 15.0 Å². The summed E-state index contributed by atoms with van der Waals surface area (Å²) in [4.78, 5) is 11.9. The number of ether oxygens (including phenoxy) is 1. The van der Waals surface area contributed by atoms with Crippen LogP contribution in [0.1, 0.15) is 25.6 Å². The Morgan fingerprint density at radius 1 is 1.37 bits per heavy atom. The Kier molecular flexibility index (Phi) is 3.65. The van der Waals surface area contributed by atoms with Gasteiger partial charge in [0.1, 0.15) is 11.0 Å². The second kappa shape index (κ2) is 5.27. The fourth-order valence-electron chi connectivity index (χ4n) is 2.53. The minimum absolute atomic E-state index is 0.298. The third-order valence-electron chi connectivity index (χ3n) is 3.51. The number of H-pyrrole nitrogens is 1. The summed E-state index contributed by atoms with van der Waals surface area (Å²) in [5.74, 6) is 1.59. The van der Waals surface area contributed by atoms with Crippen LogP contribution in [0.5, 0.6) is 0 Å². The summed E-state index contributed by atoms with van der Waals surface area (Å²) in [6, 6.07) is 1.77. The lowest BCUT2D eigenvalue weighted by atomic mass is 9.80. The van der Waals surface area contributed by atoms with Crippen LogP contribution in [0.15, 0.2) is 6.07 Å². The van der Waals surface area contributed by atoms with Gasteiger partial charge in [0.15, 0.2) is 5.65 Å². The van der Waals surface area contributed by atoms with E-state index < -0.39 is 0 Å². The van der Waals surface area contributed by atoms with Crippen LogP contribution >= 0.6 is 23.2 Å². The van der Waals surface area contributed by atoms with E-state index in [1.165, 1.54) is 0 Å². The third kappa shape index (κ3) is 2.71. The van der Waals surface area contributed by atoms with Crippen LogP contribution < -0.4 is 0 Å². The van der Waals surface area contributed by atoms with Crippen molar-refractivity contribution in [2.75, 3.05) is 6.61 Å². The Balaban J connectivity index is 1.69. The first-order valence-electron chi connectivity index (χ1n) is 6.48. The molecule has 1 fully saturated rings. The zero-order valence-corrected chi connectivity index (χ0v) is 12.1. The van der Waals surface area contributed by atoms with Gasteiger partial charge in [-0.25, -0.2) is 9.97 Å². The van der Waals surface area contributed by atoms with Crippen LogP contribution in [0.2, 0.25) is 10.2 Å². The van der Waals surface area contributed by atoms with E-state index in [-0.39, 0.29) is 0 Å². The molecule has 2 aromatic rings. The Bertz CT molecular complexity index is 554. The molecular weight excluding hydrogens is 285 g/mol. The molecule has 2 aromatic heterocycles. The molecule has 0 aliphatic heterocycles. The van der Waals surface area contributed by atoms with Crippen molar-refractivity contribution in [3.63, 3.8) is 0 Å². The number of aromatic amines is 1. The summed E-state index contributed by atoms with van der Waals surface area (Å²) in [6.07, 6.45) is 3.58. The van der Waals surface area contributed by atoms with Crippen LogP contribution in [0, 0.1) is 5.92 Å². The fraction of sp³-hybridized carbons (Fsp3) is 0.538. The van der Waals surface area contributed by atoms with E-state index in [0.29, 0.717) is 27.8 Å². The molecular formula is C13H15Cl2N3O. The van der Waals surface area contributed by atoms with Gasteiger partial charge in [-0.05, 0) is 31.7 Å². The lowest BCUT2D eigenvalue weighted by Gasteiger charge is -2.34. The van der Waals surface area contributed by atoms with Crippen molar-refractivity contribution in [2.45, 2.75) is 32.3 Å². The minimum Gasteiger partial charge on any atom is -0.378 e. The molecule has 19 heavy (non-hydrogen) atoms. The maximum atomic E-state index is 5.94. The largest absolute Gasteiger partial charge is 0.378 e. The van der Waals surface area contributed by atoms with E-state index in [9.17, 15) is 0 Å². The number of hydrogen-bond donors (Lipinski definition) is 1. The molecule has 0 unspecified atom stereocenters. The molecule has 0 amide bonds. The van der Waals surface area contributed by atoms with Gasteiger partial charge in [-0.2, -0.15) is 0 Å². The predicted molar refractivity (Wildman–Crippen MR) is 75.8 cm³/mol. The average Bonchev–Trinajstić information content (AvgIpc) is 2.69. The van der Waals surface area contributed by atoms with Gasteiger partial charge in [0.25, 0.3) is 0 Å². The maximum absolute atomic E-state index is 5.94. The molecule has 0 bridgehead atoms. The van der Waals surface area contributed by atoms with E-state index in [1.807, 2.05) is 6.92 Å². The maximum Gasteiger partial charge on any atom is 0.179 e. The molecule has 4 nitrogen and oxygen atoms in total. The summed E-state index contributed by atoms with van der Waals surface area (Å²) in [5.41, 5.74) is 1.47. The van der Waals surface area contributed by atoms with Crippen molar-refractivity contribution >= 4 is 34.4 Å². The van der Waals surface area contributed by atoms with Crippen LogP contribution in [0.3, 0.4) is 0 Å². The Morgan fingerprint density at radius 2 is 2.16 bits per heavy atom. The van der Waals surface area contributed by atoms with Gasteiger partial charge in [-0.1, -0.05) is 23.2 Å². The SMILES string of the molecule is CCOC1CC(Cc2nc3nc(Cl)c(Cl)cc3[nH]2)C1. The summed E-state index contributed by atoms with van der Waals surface area (Å²) in [6.45, 7) is 2.83. The summed E-state index contributed by atoms with van der Waals surface area (Å²) >= 11 is 11.8. The number of rotatable bonds is 4. The Hall–Kier alpha value is -0.840. The highest BCUT2D eigenvalue weighted by molar-refractivity contribution is 6.41. The number of aromatic nitrogens is 3. The van der Waals surface area contributed by atoms with E-state index in [0.717, 1.165) is 37.2 Å². The molecule has 1 saturated carbocycles. The number of nitrogens with zero attached hydrogens (tertiary/aromatic N) is 2. The number of fused-ring (bicyclic) bond motifs is 1. The van der Waals surface area contributed by atoms with Crippen molar-refractivity contribution in [1.29, 1.82) is 0 Å². The standard InChI is InChI=1S/C13H15Cl2N3O/c1-2-19-8-3-7(4-8)5-11-16-10-6-9(14)12(15)18-13(10)17-11/h6-8H,2-5H2,1H3,(H,16,17,18). The summed E-state index contributed by atoms with van der Waals surface area (Å²) in [5, 5.41) is 0.747. The van der Waals surface area contributed by atoms with Gasteiger partial charge in [0.2, 0.25) is 0 Å². The first-order valence-corrected chi connectivity index (χ1v) is 7.23. The predicted octanol–water partition coefficient (Wildman–Crippen LogP) is 3.62. The molecule has 1 aliphatic rings. The first kappa shape index (κ1) is 13.2. The quantitative estimate of drug-likeness (QED) is 0.877. The molecule has 3 rings (SSSR count). The summed E-state index contributed by atoms with van der Waals surface area (Å²) in [7, 11) is 0. The van der Waals surface area contributed by atoms with Crippen molar-refractivity contribution in [2.24, 2.45) is 5.92 Å². The monoisotopic (exact) mass is 299 g/mol. The van der Waals surface area contributed by atoms with Crippen molar-refractivity contribution in [3.05, 3.63) is 22.1 Å². The van der Waals surface area contributed by atoms with Crippen LogP contribution in [-0.2, 0) is 11.2 Å². The van der Waals surface area contributed by atoms with Crippen LogP contribution in [0.25, 0.3) is 11.2 Å². The zero-order chi connectivity index (χ0) is 13.4. The van der Waals surface area contributed by atoms with Crippen molar-refractivity contribution in [1.82, 2.24) is 15.0 Å². The second-order valence-electron chi connectivity index (χ2n) is 4.93. The van der Waals surface area contributed by atoms with Gasteiger partial charge in [-0.3, -0.25) is 0 Å². The molecule has 1 aliphatic carbocycles. The first-order chi connectivity index (χ1) is 9.15. The number of nitrogens with one attached hydrogen (secondary N) is 1. The Labute approximate surface area is 121 Å². The fourth-order valence-corrected chi connectivity index (χ4v) is 2.81. The number of imidazole rings is 1. The Morgan fingerprint density at radius 3 is 2.89 bits per heavy atom. The minimum atomic E-state index is 0.298. The lowest BCUT2D eigenvalue weighted by Crippen LogP contribution is -2.32. The second-order valence-corrected chi connectivity index (χ2v) is 5.70. The molecule has 0 atom stereocenters. The molecule has 6 heteroatoms. The highest BCUT2D eigenvalue weighted by Crippen LogP contribution is 2.33. The van der Waals surface area contributed by atoms with E-state index >= 15 is 0 Å². The van der Waals surface area contributed by atoms with Gasteiger partial charge in [0, 0.05) is 13.0 Å². The van der Waals surface area contributed by atoms with Gasteiger partial charge in [0.05, 0.1) is 16.6 Å². The van der Waals surface area contributed by atoms with Gasteiger partial charge >= 0.3 is 0 Å². The third-order valence-corrected chi connectivity index (χ3v) is 4.18. The van der Waals surface area contributed by atoms with Gasteiger partial charge in [-0.15, -0.1) is 0 Å². The van der Waals surface area contributed by atoms with Crippen molar-refractivity contribution in [3.8, 4) is 0 Å². The zero-order valence-electron chi connectivity index (χ0n) is 10.6. The van der Waals surface area contributed by atoms with Crippen LogP contribution in [0.4, 0.5) is 0 Å². The molecule has 102 valence electrons. The van der Waals surface area contributed by atoms with E-state index in [1.54, 1.807) is 6.07 Å². The van der Waals surface area contributed by atoms with E-state index in [4.69, 9.17) is 27.9 Å². The summed E-state index contributed by atoms with van der Waals surface area (Å²) < 4.78 is 5.56. The smallest absolute Gasteiger partial charge is 0.179 e. The van der Waals surface area contributed by atoms with Gasteiger partial charge < -0.3 is 9.72 Å². The average molecular weight is 300 g/mol. The molecule has 0 aromatic carbocycles. The molecule has 1 N–H and O–H groups in total. The highest BCUT2D eigenvalue weighted by Gasteiger charge is 2.30. The van der Waals surface area contributed by atoms with Crippen molar-refractivity contribution < 1.29 is 4.74 Å². The lowest BCUT2D eigenvalue weighted by molar-refractivity contribution is -0.0244. The number of hydrogen-bond acceptors (Lipinski definition) is 3. The molecule has 0 spiro atoms. The number of halogens is 2. The molecule has 0 radical (unpaired) electrons. The normalized spacial score (nSPS) is 22.7. The highest BCUT2D eigenvalue weighted by atomic mass is 35.5. The van der Waals surface area contributed by atoms with Crippen LogP contribution in [-0.4, -0.2) is 27.7 Å². The molecule has 0 saturated heterocycles. The molecule has 2 heterocycles. The topological polar surface area (TPSA) is 50.8 Å².